The van der Waals surface area contributed by atoms with E-state index in [2.05, 4.69) is 29.3 Å². The van der Waals surface area contributed by atoms with Crippen molar-refractivity contribution in [1.29, 1.82) is 0 Å². The highest BCUT2D eigenvalue weighted by molar-refractivity contribution is 5.52. The van der Waals surface area contributed by atoms with Crippen molar-refractivity contribution in [2.45, 2.75) is 51.6 Å². The zero-order chi connectivity index (χ0) is 14.1. The van der Waals surface area contributed by atoms with Crippen LogP contribution in [-0.2, 0) is 6.42 Å². The van der Waals surface area contributed by atoms with Gasteiger partial charge >= 0.3 is 0 Å². The molecule has 3 heterocycles. The van der Waals surface area contributed by atoms with Gasteiger partial charge in [-0.3, -0.25) is 4.90 Å². The number of nitrogens with zero attached hydrogens (tertiary/aromatic N) is 3. The second-order valence-electron chi connectivity index (χ2n) is 6.14. The molecule has 20 heavy (non-hydrogen) atoms. The molecule has 1 aliphatic heterocycles. The Labute approximate surface area is 120 Å². The van der Waals surface area contributed by atoms with Crippen LogP contribution < -0.4 is 5.73 Å². The number of fused-ring (bicyclic) bond motifs is 1. The Morgan fingerprint density at radius 3 is 3.05 bits per heavy atom. The number of nitrogen functional groups attached to an aromatic ring is 1. The van der Waals surface area contributed by atoms with E-state index in [0.717, 1.165) is 17.8 Å². The fourth-order valence-electron chi connectivity index (χ4n) is 3.31. The zero-order valence-corrected chi connectivity index (χ0v) is 12.4. The summed E-state index contributed by atoms with van der Waals surface area (Å²) in [6.45, 7) is 5.81. The largest absolute Gasteiger partial charge is 0.399 e. The number of imidazole rings is 1. The standard InChI is InChI=1S/C16H24N4/c1-12(2)20-7-4-3-5-15(20)10-14-11-19-8-6-13(17)9-16(19)18-14/h6,8-9,11-12,15H,3-5,7,10,17H2,1-2H3. The summed E-state index contributed by atoms with van der Waals surface area (Å²) >= 11 is 0. The third-order valence-corrected chi connectivity index (χ3v) is 4.31. The maximum absolute atomic E-state index is 5.82. The van der Waals surface area contributed by atoms with Crippen molar-refractivity contribution >= 4 is 11.3 Å². The molecule has 2 aromatic rings. The van der Waals surface area contributed by atoms with E-state index in [-0.39, 0.29) is 0 Å². The molecule has 1 fully saturated rings. The van der Waals surface area contributed by atoms with Crippen LogP contribution in [0, 0.1) is 0 Å². The molecule has 2 aromatic heterocycles. The molecule has 1 aliphatic rings. The minimum atomic E-state index is 0.618. The fraction of sp³-hybridized carbons (Fsp3) is 0.562. The van der Waals surface area contributed by atoms with Gasteiger partial charge in [0.15, 0.2) is 0 Å². The Bertz CT molecular complexity index is 587. The van der Waals surface area contributed by atoms with E-state index in [4.69, 9.17) is 10.7 Å². The molecule has 3 rings (SSSR count). The zero-order valence-electron chi connectivity index (χ0n) is 12.4. The van der Waals surface area contributed by atoms with E-state index in [1.54, 1.807) is 0 Å². The third-order valence-electron chi connectivity index (χ3n) is 4.31. The minimum Gasteiger partial charge on any atom is -0.399 e. The topological polar surface area (TPSA) is 46.6 Å². The predicted molar refractivity (Wildman–Crippen MR) is 82.8 cm³/mol. The molecule has 0 radical (unpaired) electrons. The van der Waals surface area contributed by atoms with Gasteiger partial charge in [0.1, 0.15) is 5.65 Å². The number of rotatable bonds is 3. The number of aromatic nitrogens is 2. The van der Waals surface area contributed by atoms with E-state index >= 15 is 0 Å². The number of nitrogens with two attached hydrogens (primary N) is 1. The molecule has 0 bridgehead atoms. The summed E-state index contributed by atoms with van der Waals surface area (Å²) in [6, 6.07) is 5.10. The fourth-order valence-corrected chi connectivity index (χ4v) is 3.31. The lowest BCUT2D eigenvalue weighted by Gasteiger charge is -2.38. The van der Waals surface area contributed by atoms with Gasteiger partial charge in [-0.05, 0) is 39.3 Å². The van der Waals surface area contributed by atoms with Crippen LogP contribution >= 0.6 is 0 Å². The summed E-state index contributed by atoms with van der Waals surface area (Å²) < 4.78 is 2.06. The highest BCUT2D eigenvalue weighted by Gasteiger charge is 2.25. The molecular weight excluding hydrogens is 248 g/mol. The number of hydrogen-bond acceptors (Lipinski definition) is 3. The monoisotopic (exact) mass is 272 g/mol. The van der Waals surface area contributed by atoms with Gasteiger partial charge in [-0.15, -0.1) is 0 Å². The van der Waals surface area contributed by atoms with E-state index < -0.39 is 0 Å². The summed E-state index contributed by atoms with van der Waals surface area (Å²) in [5, 5.41) is 0. The molecule has 1 atom stereocenters. The van der Waals surface area contributed by atoms with Crippen LogP contribution in [0.3, 0.4) is 0 Å². The normalized spacial score (nSPS) is 20.9. The van der Waals surface area contributed by atoms with Crippen molar-refractivity contribution in [3.8, 4) is 0 Å². The molecule has 0 aliphatic carbocycles. The van der Waals surface area contributed by atoms with Gasteiger partial charge in [0.2, 0.25) is 0 Å². The van der Waals surface area contributed by atoms with E-state index in [1.165, 1.54) is 31.5 Å². The minimum absolute atomic E-state index is 0.618. The third kappa shape index (κ3) is 2.66. The van der Waals surface area contributed by atoms with Gasteiger partial charge in [0.05, 0.1) is 5.69 Å². The second-order valence-corrected chi connectivity index (χ2v) is 6.14. The predicted octanol–water partition coefficient (Wildman–Crippen LogP) is 2.72. The van der Waals surface area contributed by atoms with E-state index in [0.29, 0.717) is 12.1 Å². The Morgan fingerprint density at radius 1 is 1.40 bits per heavy atom. The van der Waals surface area contributed by atoms with Crippen LogP contribution in [0.2, 0.25) is 0 Å². The molecule has 1 saturated heterocycles. The van der Waals surface area contributed by atoms with Crippen molar-refractivity contribution in [3.05, 3.63) is 30.2 Å². The Balaban J connectivity index is 1.80. The summed E-state index contributed by atoms with van der Waals surface area (Å²) in [5.41, 5.74) is 8.72. The summed E-state index contributed by atoms with van der Waals surface area (Å²) in [7, 11) is 0. The van der Waals surface area contributed by atoms with E-state index in [1.807, 2.05) is 18.3 Å². The van der Waals surface area contributed by atoms with Crippen LogP contribution in [0.25, 0.3) is 5.65 Å². The molecule has 0 amide bonds. The molecule has 0 spiro atoms. The van der Waals surface area contributed by atoms with Crippen LogP contribution in [0.1, 0.15) is 38.8 Å². The Hall–Kier alpha value is -1.55. The maximum atomic E-state index is 5.82. The first-order valence-corrected chi connectivity index (χ1v) is 7.62. The summed E-state index contributed by atoms with van der Waals surface area (Å²) in [4.78, 5) is 7.34. The highest BCUT2D eigenvalue weighted by atomic mass is 15.2. The number of hydrogen-bond donors (Lipinski definition) is 1. The van der Waals surface area contributed by atoms with Crippen molar-refractivity contribution < 1.29 is 0 Å². The van der Waals surface area contributed by atoms with Crippen molar-refractivity contribution in [3.63, 3.8) is 0 Å². The van der Waals surface area contributed by atoms with Gasteiger partial charge in [-0.25, -0.2) is 4.98 Å². The van der Waals surface area contributed by atoms with Crippen LogP contribution in [0.15, 0.2) is 24.5 Å². The summed E-state index contributed by atoms with van der Waals surface area (Å²) in [5.74, 6) is 0. The maximum Gasteiger partial charge on any atom is 0.139 e. The van der Waals surface area contributed by atoms with Gasteiger partial charge in [-0.2, -0.15) is 0 Å². The van der Waals surface area contributed by atoms with Gasteiger partial charge < -0.3 is 10.1 Å². The number of piperidine rings is 1. The molecule has 2 N–H and O–H groups in total. The van der Waals surface area contributed by atoms with Gasteiger partial charge in [-0.1, -0.05) is 6.42 Å². The SMILES string of the molecule is CC(C)N1CCCCC1Cc1cn2ccc(N)cc2n1. The van der Waals surface area contributed by atoms with E-state index in [9.17, 15) is 0 Å². The Morgan fingerprint density at radius 2 is 2.25 bits per heavy atom. The number of pyridine rings is 1. The molecule has 4 heteroatoms. The average Bonchev–Trinajstić information content (AvgIpc) is 2.80. The van der Waals surface area contributed by atoms with Crippen molar-refractivity contribution in [2.24, 2.45) is 0 Å². The average molecular weight is 272 g/mol. The molecule has 108 valence electrons. The van der Waals surface area contributed by atoms with Crippen molar-refractivity contribution in [1.82, 2.24) is 14.3 Å². The first kappa shape index (κ1) is 13.4. The van der Waals surface area contributed by atoms with Gasteiger partial charge in [0, 0.05) is 42.7 Å². The summed E-state index contributed by atoms with van der Waals surface area (Å²) in [6.07, 6.45) is 9.13. The Kier molecular flexibility index (Phi) is 3.66. The first-order chi connectivity index (χ1) is 9.63. The highest BCUT2D eigenvalue weighted by Crippen LogP contribution is 2.23. The molecule has 0 saturated carbocycles. The molecule has 0 aromatic carbocycles. The molecular formula is C16H24N4. The molecule has 4 nitrogen and oxygen atoms in total. The lowest BCUT2D eigenvalue weighted by Crippen LogP contribution is -2.45. The smallest absolute Gasteiger partial charge is 0.139 e. The quantitative estimate of drug-likeness (QED) is 0.934. The lowest BCUT2D eigenvalue weighted by atomic mass is 9.97. The number of anilines is 1. The van der Waals surface area contributed by atoms with Gasteiger partial charge in [0.25, 0.3) is 0 Å². The number of likely N-dealkylation sites (tertiary alicyclic amines) is 1. The lowest BCUT2D eigenvalue weighted by molar-refractivity contribution is 0.111. The van der Waals surface area contributed by atoms with Crippen LogP contribution in [-0.4, -0.2) is 32.9 Å². The van der Waals surface area contributed by atoms with Crippen LogP contribution in [0.5, 0.6) is 0 Å². The second kappa shape index (κ2) is 5.44. The molecule has 1 unspecified atom stereocenters. The van der Waals surface area contributed by atoms with Crippen molar-refractivity contribution in [2.75, 3.05) is 12.3 Å². The first-order valence-electron chi connectivity index (χ1n) is 7.62. The van der Waals surface area contributed by atoms with Crippen LogP contribution in [0.4, 0.5) is 5.69 Å².